The van der Waals surface area contributed by atoms with Gasteiger partial charge in [-0.15, -0.1) is 0 Å². The Labute approximate surface area is 137 Å². The van der Waals surface area contributed by atoms with Gasteiger partial charge in [-0.3, -0.25) is 9.59 Å². The van der Waals surface area contributed by atoms with Gasteiger partial charge < -0.3 is 15.3 Å². The molecule has 5 nitrogen and oxygen atoms in total. The number of aliphatic hydroxyl groups excluding tert-OH is 1. The van der Waals surface area contributed by atoms with Gasteiger partial charge in [0.25, 0.3) is 0 Å². The Hall–Kier alpha value is -1.88. The van der Waals surface area contributed by atoms with Crippen LogP contribution in [-0.4, -0.2) is 47.1 Å². The molecule has 2 amide bonds. The van der Waals surface area contributed by atoms with Gasteiger partial charge in [0.05, 0.1) is 6.42 Å². The number of benzene rings is 1. The van der Waals surface area contributed by atoms with Crippen molar-refractivity contribution in [1.82, 2.24) is 10.2 Å². The van der Waals surface area contributed by atoms with E-state index in [1.54, 1.807) is 4.90 Å². The molecule has 126 valence electrons. The number of nitrogens with zero attached hydrogens (tertiary/aromatic N) is 1. The van der Waals surface area contributed by atoms with E-state index in [1.165, 1.54) is 0 Å². The van der Waals surface area contributed by atoms with Crippen molar-refractivity contribution in [2.75, 3.05) is 13.2 Å². The molecule has 1 aliphatic rings. The number of nitrogens with one attached hydrogen (secondary N) is 1. The van der Waals surface area contributed by atoms with Crippen LogP contribution < -0.4 is 5.32 Å². The van der Waals surface area contributed by atoms with E-state index in [2.05, 4.69) is 5.32 Å². The molecule has 1 heterocycles. The number of hydrogen-bond donors (Lipinski definition) is 2. The van der Waals surface area contributed by atoms with Crippen LogP contribution in [0.4, 0.5) is 0 Å². The van der Waals surface area contributed by atoms with Crippen molar-refractivity contribution in [3.8, 4) is 0 Å². The fraction of sp³-hybridized carbons (Fsp3) is 0.556. The molecule has 0 bridgehead atoms. The third-order valence-corrected chi connectivity index (χ3v) is 4.59. The molecule has 5 heteroatoms. The molecule has 0 saturated carbocycles. The maximum atomic E-state index is 12.5. The van der Waals surface area contributed by atoms with Gasteiger partial charge in [0.15, 0.2) is 0 Å². The molecule has 3 atom stereocenters. The van der Waals surface area contributed by atoms with Crippen molar-refractivity contribution in [2.24, 2.45) is 5.92 Å². The van der Waals surface area contributed by atoms with Gasteiger partial charge in [-0.05, 0) is 31.2 Å². The zero-order chi connectivity index (χ0) is 16.8. The SMILES string of the molecule is CC(CO)C(C)NC(=O)C1CCCN1C(=O)Cc1ccccc1. The van der Waals surface area contributed by atoms with Crippen LogP contribution >= 0.6 is 0 Å². The predicted molar refractivity (Wildman–Crippen MR) is 88.7 cm³/mol. The molecule has 1 saturated heterocycles. The summed E-state index contributed by atoms with van der Waals surface area (Å²) in [5, 5.41) is 12.1. The lowest BCUT2D eigenvalue weighted by Crippen LogP contribution is -2.50. The number of hydrogen-bond acceptors (Lipinski definition) is 3. The fourth-order valence-electron chi connectivity index (χ4n) is 2.83. The summed E-state index contributed by atoms with van der Waals surface area (Å²) in [6, 6.07) is 9.09. The second-order valence-electron chi connectivity index (χ2n) is 6.36. The minimum atomic E-state index is -0.389. The van der Waals surface area contributed by atoms with Gasteiger partial charge in [0.1, 0.15) is 6.04 Å². The van der Waals surface area contributed by atoms with E-state index >= 15 is 0 Å². The summed E-state index contributed by atoms with van der Waals surface area (Å²) in [5.41, 5.74) is 0.964. The van der Waals surface area contributed by atoms with Crippen LogP contribution in [0.2, 0.25) is 0 Å². The summed E-state index contributed by atoms with van der Waals surface area (Å²) in [7, 11) is 0. The average molecular weight is 318 g/mol. The monoisotopic (exact) mass is 318 g/mol. The number of amides is 2. The lowest BCUT2D eigenvalue weighted by molar-refractivity contribution is -0.138. The highest BCUT2D eigenvalue weighted by atomic mass is 16.3. The topological polar surface area (TPSA) is 69.6 Å². The first kappa shape index (κ1) is 17.5. The highest BCUT2D eigenvalue weighted by molar-refractivity contribution is 5.89. The summed E-state index contributed by atoms with van der Waals surface area (Å²) in [4.78, 5) is 26.7. The Morgan fingerprint density at radius 3 is 2.65 bits per heavy atom. The van der Waals surface area contributed by atoms with E-state index in [0.717, 1.165) is 12.0 Å². The Morgan fingerprint density at radius 2 is 2.00 bits per heavy atom. The van der Waals surface area contributed by atoms with Gasteiger partial charge in [-0.2, -0.15) is 0 Å². The third-order valence-electron chi connectivity index (χ3n) is 4.59. The van der Waals surface area contributed by atoms with Crippen LogP contribution in [0.25, 0.3) is 0 Å². The smallest absolute Gasteiger partial charge is 0.243 e. The van der Waals surface area contributed by atoms with Crippen LogP contribution in [0.5, 0.6) is 0 Å². The van der Waals surface area contributed by atoms with E-state index in [4.69, 9.17) is 0 Å². The number of rotatable bonds is 6. The van der Waals surface area contributed by atoms with Crippen LogP contribution in [0.1, 0.15) is 32.3 Å². The number of likely N-dealkylation sites (tertiary alicyclic amines) is 1. The normalized spacial score (nSPS) is 20.1. The Kier molecular flexibility index (Phi) is 6.16. The van der Waals surface area contributed by atoms with Gasteiger partial charge in [-0.25, -0.2) is 0 Å². The van der Waals surface area contributed by atoms with Crippen molar-refractivity contribution < 1.29 is 14.7 Å². The average Bonchev–Trinajstić information content (AvgIpc) is 3.04. The summed E-state index contributed by atoms with van der Waals surface area (Å²) >= 11 is 0. The van der Waals surface area contributed by atoms with Crippen LogP contribution in [0, 0.1) is 5.92 Å². The molecule has 2 N–H and O–H groups in total. The summed E-state index contributed by atoms with van der Waals surface area (Å²) in [5.74, 6) is -0.123. The number of aliphatic hydroxyl groups is 1. The fourth-order valence-corrected chi connectivity index (χ4v) is 2.83. The third kappa shape index (κ3) is 4.55. The van der Waals surface area contributed by atoms with E-state index in [0.29, 0.717) is 19.4 Å². The maximum Gasteiger partial charge on any atom is 0.243 e. The second-order valence-corrected chi connectivity index (χ2v) is 6.36. The van der Waals surface area contributed by atoms with E-state index in [1.807, 2.05) is 44.2 Å². The summed E-state index contributed by atoms with van der Waals surface area (Å²) in [6.45, 7) is 4.43. The van der Waals surface area contributed by atoms with Gasteiger partial charge in [0, 0.05) is 19.2 Å². The maximum absolute atomic E-state index is 12.5. The molecule has 23 heavy (non-hydrogen) atoms. The second kappa shape index (κ2) is 8.11. The molecule has 1 aromatic carbocycles. The Morgan fingerprint density at radius 1 is 1.30 bits per heavy atom. The first-order valence-corrected chi connectivity index (χ1v) is 8.27. The molecular formula is C18H26N2O3. The standard InChI is InChI=1S/C18H26N2O3/c1-13(12-21)14(2)19-18(23)16-9-6-10-20(16)17(22)11-15-7-4-3-5-8-15/h3-5,7-8,13-14,16,21H,6,9-12H2,1-2H3,(H,19,23). The largest absolute Gasteiger partial charge is 0.396 e. The molecule has 2 rings (SSSR count). The zero-order valence-corrected chi connectivity index (χ0v) is 13.9. The van der Waals surface area contributed by atoms with Crippen molar-refractivity contribution in [3.05, 3.63) is 35.9 Å². The van der Waals surface area contributed by atoms with Crippen molar-refractivity contribution >= 4 is 11.8 Å². The highest BCUT2D eigenvalue weighted by Gasteiger charge is 2.34. The first-order chi connectivity index (χ1) is 11.0. The minimum Gasteiger partial charge on any atom is -0.396 e. The van der Waals surface area contributed by atoms with E-state index in [9.17, 15) is 14.7 Å². The van der Waals surface area contributed by atoms with Crippen LogP contribution in [0.3, 0.4) is 0 Å². The molecule has 0 radical (unpaired) electrons. The molecule has 1 aliphatic heterocycles. The molecule has 0 aliphatic carbocycles. The lowest BCUT2D eigenvalue weighted by atomic mass is 10.0. The van der Waals surface area contributed by atoms with Crippen molar-refractivity contribution in [2.45, 2.75) is 45.2 Å². The van der Waals surface area contributed by atoms with E-state index < -0.39 is 0 Å². The Bertz CT molecular complexity index is 532. The molecular weight excluding hydrogens is 292 g/mol. The first-order valence-electron chi connectivity index (χ1n) is 8.27. The summed E-state index contributed by atoms with van der Waals surface area (Å²) < 4.78 is 0. The van der Waals surface area contributed by atoms with E-state index in [-0.39, 0.29) is 36.4 Å². The molecule has 1 aromatic rings. The van der Waals surface area contributed by atoms with Gasteiger partial charge in [0.2, 0.25) is 11.8 Å². The minimum absolute atomic E-state index is 0.00305. The van der Waals surface area contributed by atoms with Crippen molar-refractivity contribution in [1.29, 1.82) is 0 Å². The number of carbonyl (C=O) groups excluding carboxylic acids is 2. The lowest BCUT2D eigenvalue weighted by Gasteiger charge is -2.27. The highest BCUT2D eigenvalue weighted by Crippen LogP contribution is 2.19. The Balaban J connectivity index is 1.96. The molecule has 1 fully saturated rings. The molecule has 0 spiro atoms. The van der Waals surface area contributed by atoms with Gasteiger partial charge >= 0.3 is 0 Å². The predicted octanol–water partition coefficient (Wildman–Crippen LogP) is 1.35. The number of carbonyl (C=O) groups is 2. The van der Waals surface area contributed by atoms with Gasteiger partial charge in [-0.1, -0.05) is 37.3 Å². The zero-order valence-electron chi connectivity index (χ0n) is 13.9. The molecule has 3 unspecified atom stereocenters. The van der Waals surface area contributed by atoms with Crippen LogP contribution in [0.15, 0.2) is 30.3 Å². The summed E-state index contributed by atoms with van der Waals surface area (Å²) in [6.07, 6.45) is 1.88. The van der Waals surface area contributed by atoms with Crippen molar-refractivity contribution in [3.63, 3.8) is 0 Å². The van der Waals surface area contributed by atoms with Crippen LogP contribution in [-0.2, 0) is 16.0 Å². The quantitative estimate of drug-likeness (QED) is 0.832. The molecule has 0 aromatic heterocycles.